The number of benzene rings is 1. The third-order valence-electron chi connectivity index (χ3n) is 2.30. The molecule has 1 aromatic heterocycles. The fourth-order valence-electron chi connectivity index (χ4n) is 1.66. The van der Waals surface area contributed by atoms with E-state index in [1.165, 1.54) is 15.8 Å². The van der Waals surface area contributed by atoms with Gasteiger partial charge in [0, 0.05) is 13.2 Å². The molecule has 0 aliphatic heterocycles. The van der Waals surface area contributed by atoms with E-state index in [9.17, 15) is 0 Å². The van der Waals surface area contributed by atoms with Gasteiger partial charge in [0.25, 0.3) is 0 Å². The summed E-state index contributed by atoms with van der Waals surface area (Å²) in [4.78, 5) is 0. The van der Waals surface area contributed by atoms with E-state index in [4.69, 9.17) is 4.74 Å². The van der Waals surface area contributed by atoms with E-state index in [2.05, 4.69) is 41.9 Å². The summed E-state index contributed by atoms with van der Waals surface area (Å²) >= 11 is 1.77. The highest BCUT2D eigenvalue weighted by molar-refractivity contribution is 7.17. The molecule has 1 aromatic carbocycles. The minimum absolute atomic E-state index is 0.336. The van der Waals surface area contributed by atoms with Crippen LogP contribution in [-0.2, 0) is 4.74 Å². The Morgan fingerprint density at radius 3 is 3.07 bits per heavy atom. The van der Waals surface area contributed by atoms with Gasteiger partial charge >= 0.3 is 0 Å². The predicted molar refractivity (Wildman–Crippen MR) is 66.8 cm³/mol. The molecule has 0 bridgehead atoms. The molecule has 0 saturated carbocycles. The fraction of sp³-hybridized carbons (Fsp3) is 0.333. The number of anilines is 1. The van der Waals surface area contributed by atoms with Gasteiger partial charge < -0.3 is 10.1 Å². The fourth-order valence-corrected chi connectivity index (χ4v) is 2.54. The lowest BCUT2D eigenvalue weighted by Gasteiger charge is -2.14. The van der Waals surface area contributed by atoms with Crippen molar-refractivity contribution in [3.8, 4) is 0 Å². The summed E-state index contributed by atoms with van der Waals surface area (Å²) in [5.41, 5.74) is 1.20. The van der Waals surface area contributed by atoms with Crippen molar-refractivity contribution in [3.05, 3.63) is 29.6 Å². The van der Waals surface area contributed by atoms with E-state index >= 15 is 0 Å². The third kappa shape index (κ3) is 2.30. The quantitative estimate of drug-likeness (QED) is 0.855. The zero-order valence-corrected chi connectivity index (χ0v) is 9.80. The highest BCUT2D eigenvalue weighted by Crippen LogP contribution is 2.28. The van der Waals surface area contributed by atoms with Crippen LogP contribution in [0.15, 0.2) is 29.6 Å². The maximum Gasteiger partial charge on any atom is 0.0661 e. The Morgan fingerprint density at radius 1 is 1.40 bits per heavy atom. The van der Waals surface area contributed by atoms with Crippen LogP contribution in [0.25, 0.3) is 10.1 Å². The maximum absolute atomic E-state index is 5.11. The Kier molecular flexibility index (Phi) is 3.23. The van der Waals surface area contributed by atoms with Gasteiger partial charge in [0.2, 0.25) is 0 Å². The Morgan fingerprint density at radius 2 is 2.27 bits per heavy atom. The molecule has 2 nitrogen and oxygen atoms in total. The number of fused-ring (bicyclic) bond motifs is 1. The van der Waals surface area contributed by atoms with Gasteiger partial charge in [-0.15, -0.1) is 11.3 Å². The number of methoxy groups -OCH3 is 1. The Balaban J connectivity index is 2.23. The van der Waals surface area contributed by atoms with Crippen LogP contribution in [0.1, 0.15) is 6.92 Å². The number of thiophene rings is 1. The standard InChI is InChI=1S/C12H15NOS/c1-9(8-14-2)13-11-5-3-4-10-6-7-15-12(10)11/h3-7,9,13H,8H2,1-2H3. The van der Waals surface area contributed by atoms with Gasteiger partial charge in [-0.2, -0.15) is 0 Å². The molecule has 2 rings (SSSR count). The molecule has 0 radical (unpaired) electrons. The number of ether oxygens (including phenoxy) is 1. The van der Waals surface area contributed by atoms with Crippen molar-refractivity contribution in [3.63, 3.8) is 0 Å². The zero-order chi connectivity index (χ0) is 10.7. The summed E-state index contributed by atoms with van der Waals surface area (Å²) in [6, 6.07) is 8.81. The van der Waals surface area contributed by atoms with Gasteiger partial charge in [0.15, 0.2) is 0 Å². The summed E-state index contributed by atoms with van der Waals surface area (Å²) in [6.45, 7) is 2.84. The first-order valence-electron chi connectivity index (χ1n) is 5.03. The Hall–Kier alpha value is -1.06. The monoisotopic (exact) mass is 221 g/mol. The summed E-state index contributed by atoms with van der Waals surface area (Å²) in [5, 5.41) is 6.88. The van der Waals surface area contributed by atoms with Crippen molar-refractivity contribution >= 4 is 27.1 Å². The van der Waals surface area contributed by atoms with Crippen LogP contribution >= 0.6 is 11.3 Å². The molecule has 0 fully saturated rings. The van der Waals surface area contributed by atoms with Crippen LogP contribution in [0.4, 0.5) is 5.69 Å². The highest BCUT2D eigenvalue weighted by atomic mass is 32.1. The van der Waals surface area contributed by atoms with Gasteiger partial charge in [0.05, 0.1) is 17.0 Å². The van der Waals surface area contributed by atoms with E-state index in [1.54, 1.807) is 18.4 Å². The van der Waals surface area contributed by atoms with E-state index in [0.29, 0.717) is 6.04 Å². The average molecular weight is 221 g/mol. The van der Waals surface area contributed by atoms with Crippen molar-refractivity contribution in [1.29, 1.82) is 0 Å². The van der Waals surface area contributed by atoms with Gasteiger partial charge in [-0.05, 0) is 29.8 Å². The summed E-state index contributed by atoms with van der Waals surface area (Å²) in [5.74, 6) is 0. The SMILES string of the molecule is COCC(C)Nc1cccc2ccsc12. The molecular weight excluding hydrogens is 206 g/mol. The molecule has 0 amide bonds. The molecule has 0 aliphatic rings. The normalized spacial score (nSPS) is 12.9. The number of rotatable bonds is 4. The summed E-state index contributed by atoms with van der Waals surface area (Å²) < 4.78 is 6.43. The Bertz CT molecular complexity index is 438. The predicted octanol–water partition coefficient (Wildman–Crippen LogP) is 3.35. The van der Waals surface area contributed by atoms with Crippen LogP contribution < -0.4 is 5.32 Å². The van der Waals surface area contributed by atoms with Crippen LogP contribution in [-0.4, -0.2) is 19.8 Å². The second-order valence-corrected chi connectivity index (χ2v) is 4.56. The number of hydrogen-bond acceptors (Lipinski definition) is 3. The average Bonchev–Trinajstić information content (AvgIpc) is 2.67. The highest BCUT2D eigenvalue weighted by Gasteiger charge is 2.05. The maximum atomic E-state index is 5.11. The van der Waals surface area contributed by atoms with Crippen LogP contribution in [0, 0.1) is 0 Å². The van der Waals surface area contributed by atoms with Crippen molar-refractivity contribution in [2.45, 2.75) is 13.0 Å². The first kappa shape index (κ1) is 10.5. The molecule has 2 aromatic rings. The number of hydrogen-bond donors (Lipinski definition) is 1. The molecule has 1 unspecified atom stereocenters. The van der Waals surface area contributed by atoms with Crippen LogP contribution in [0.2, 0.25) is 0 Å². The molecule has 1 N–H and O–H groups in total. The summed E-state index contributed by atoms with van der Waals surface area (Å²) in [6.07, 6.45) is 0. The first-order valence-corrected chi connectivity index (χ1v) is 5.91. The molecule has 80 valence electrons. The Labute approximate surface area is 93.9 Å². The molecule has 15 heavy (non-hydrogen) atoms. The van der Waals surface area contributed by atoms with Gasteiger partial charge in [-0.3, -0.25) is 0 Å². The zero-order valence-electron chi connectivity index (χ0n) is 8.99. The lowest BCUT2D eigenvalue weighted by molar-refractivity contribution is 0.190. The van der Waals surface area contributed by atoms with E-state index in [1.807, 2.05) is 0 Å². The third-order valence-corrected chi connectivity index (χ3v) is 3.26. The van der Waals surface area contributed by atoms with Crippen LogP contribution in [0.5, 0.6) is 0 Å². The minimum Gasteiger partial charge on any atom is -0.383 e. The lowest BCUT2D eigenvalue weighted by atomic mass is 10.2. The molecule has 0 aliphatic carbocycles. The molecular formula is C12H15NOS. The second kappa shape index (κ2) is 4.64. The van der Waals surface area contributed by atoms with E-state index in [-0.39, 0.29) is 0 Å². The molecule has 1 heterocycles. The van der Waals surface area contributed by atoms with Gasteiger partial charge in [-0.25, -0.2) is 0 Å². The molecule has 0 saturated heterocycles. The topological polar surface area (TPSA) is 21.3 Å². The van der Waals surface area contributed by atoms with E-state index < -0.39 is 0 Å². The lowest BCUT2D eigenvalue weighted by Crippen LogP contribution is -2.20. The van der Waals surface area contributed by atoms with Crippen molar-refractivity contribution in [2.24, 2.45) is 0 Å². The van der Waals surface area contributed by atoms with Gasteiger partial charge in [-0.1, -0.05) is 12.1 Å². The second-order valence-electron chi connectivity index (χ2n) is 3.65. The minimum atomic E-state index is 0.336. The van der Waals surface area contributed by atoms with Crippen molar-refractivity contribution < 1.29 is 4.74 Å². The first-order chi connectivity index (χ1) is 7.31. The van der Waals surface area contributed by atoms with Crippen molar-refractivity contribution in [2.75, 3.05) is 19.0 Å². The smallest absolute Gasteiger partial charge is 0.0661 e. The molecule has 1 atom stereocenters. The molecule has 0 spiro atoms. The summed E-state index contributed by atoms with van der Waals surface area (Å²) in [7, 11) is 1.73. The van der Waals surface area contributed by atoms with E-state index in [0.717, 1.165) is 6.61 Å². The van der Waals surface area contributed by atoms with Crippen molar-refractivity contribution in [1.82, 2.24) is 0 Å². The molecule has 3 heteroatoms. The number of nitrogens with one attached hydrogen (secondary N) is 1. The van der Waals surface area contributed by atoms with Gasteiger partial charge in [0.1, 0.15) is 0 Å². The van der Waals surface area contributed by atoms with Crippen LogP contribution in [0.3, 0.4) is 0 Å². The largest absolute Gasteiger partial charge is 0.383 e.